The number of rotatable bonds is 7. The van der Waals surface area contributed by atoms with Crippen LogP contribution in [0, 0.1) is 6.92 Å². The first-order chi connectivity index (χ1) is 12.5. The predicted molar refractivity (Wildman–Crippen MR) is 101 cm³/mol. The van der Waals surface area contributed by atoms with Crippen molar-refractivity contribution in [3.63, 3.8) is 0 Å². The summed E-state index contributed by atoms with van der Waals surface area (Å²) in [6.45, 7) is 2.89. The van der Waals surface area contributed by atoms with Crippen LogP contribution in [-0.2, 0) is 16.6 Å². The highest BCUT2D eigenvalue weighted by atomic mass is 32.2. The average Bonchev–Trinajstić information content (AvgIpc) is 3.08. The molecule has 3 N–H and O–H groups in total. The van der Waals surface area contributed by atoms with Gasteiger partial charge in [0.2, 0.25) is 10.0 Å². The van der Waals surface area contributed by atoms with Gasteiger partial charge in [-0.05, 0) is 37.6 Å². The molecular formula is C18H21N5O2S. The molecule has 0 saturated carbocycles. The number of hydrogen-bond donors (Lipinski definition) is 2. The lowest BCUT2D eigenvalue weighted by atomic mass is 10.2. The third-order valence-corrected chi connectivity index (χ3v) is 5.43. The van der Waals surface area contributed by atoms with E-state index in [9.17, 15) is 8.42 Å². The summed E-state index contributed by atoms with van der Waals surface area (Å²) >= 11 is 0. The molecule has 0 unspecified atom stereocenters. The van der Waals surface area contributed by atoms with E-state index in [1.54, 1.807) is 42.7 Å². The molecule has 2 aromatic heterocycles. The smallest absolute Gasteiger partial charge is 0.240 e. The van der Waals surface area contributed by atoms with E-state index in [4.69, 9.17) is 5.73 Å². The van der Waals surface area contributed by atoms with Gasteiger partial charge in [0.05, 0.1) is 4.90 Å². The Bertz CT molecular complexity index is 981. The summed E-state index contributed by atoms with van der Waals surface area (Å²) in [4.78, 5) is 8.61. The van der Waals surface area contributed by atoms with E-state index in [0.717, 1.165) is 17.0 Å². The minimum atomic E-state index is -3.49. The molecule has 26 heavy (non-hydrogen) atoms. The second-order valence-electron chi connectivity index (χ2n) is 5.98. The largest absolute Gasteiger partial charge is 0.384 e. The van der Waals surface area contributed by atoms with Crippen molar-refractivity contribution < 1.29 is 8.42 Å². The number of aromatic nitrogens is 3. The molecule has 0 bridgehead atoms. The minimum Gasteiger partial charge on any atom is -0.384 e. The number of sulfonamides is 1. The highest BCUT2D eigenvalue weighted by molar-refractivity contribution is 7.89. The molecule has 0 aliphatic carbocycles. The molecule has 7 nitrogen and oxygen atoms in total. The van der Waals surface area contributed by atoms with Gasteiger partial charge in [-0.25, -0.2) is 23.1 Å². The Balaban J connectivity index is 1.59. The molecule has 0 spiro atoms. The maximum absolute atomic E-state index is 12.3. The van der Waals surface area contributed by atoms with E-state index in [-0.39, 0.29) is 4.90 Å². The molecule has 8 heteroatoms. The first-order valence-corrected chi connectivity index (χ1v) is 9.73. The van der Waals surface area contributed by atoms with Crippen molar-refractivity contribution in [2.45, 2.75) is 24.8 Å². The molecule has 0 fully saturated rings. The first kappa shape index (κ1) is 18.1. The van der Waals surface area contributed by atoms with Crippen LogP contribution in [0.5, 0.6) is 0 Å². The van der Waals surface area contributed by atoms with E-state index in [2.05, 4.69) is 14.7 Å². The molecule has 2 heterocycles. The second kappa shape index (κ2) is 7.67. The second-order valence-corrected chi connectivity index (χ2v) is 7.74. The van der Waals surface area contributed by atoms with Crippen molar-refractivity contribution >= 4 is 15.8 Å². The van der Waals surface area contributed by atoms with Crippen LogP contribution in [-0.4, -0.2) is 29.5 Å². The Morgan fingerprint density at radius 3 is 2.62 bits per heavy atom. The van der Waals surface area contributed by atoms with Crippen LogP contribution in [0.25, 0.3) is 11.4 Å². The highest BCUT2D eigenvalue weighted by Crippen LogP contribution is 2.18. The summed E-state index contributed by atoms with van der Waals surface area (Å²) in [5, 5.41) is 0. The number of anilines is 1. The summed E-state index contributed by atoms with van der Waals surface area (Å²) in [7, 11) is -3.49. The summed E-state index contributed by atoms with van der Waals surface area (Å²) < 4.78 is 29.2. The van der Waals surface area contributed by atoms with Gasteiger partial charge < -0.3 is 10.3 Å². The quantitative estimate of drug-likeness (QED) is 0.620. The normalized spacial score (nSPS) is 11.6. The number of benzene rings is 1. The maximum atomic E-state index is 12.3. The van der Waals surface area contributed by atoms with Crippen LogP contribution in [0.2, 0.25) is 0 Å². The summed E-state index contributed by atoms with van der Waals surface area (Å²) in [5.74, 6) is 1.21. The van der Waals surface area contributed by atoms with Crippen molar-refractivity contribution in [3.05, 3.63) is 60.6 Å². The van der Waals surface area contributed by atoms with E-state index in [1.807, 2.05) is 23.8 Å². The zero-order valence-corrected chi connectivity index (χ0v) is 15.3. The van der Waals surface area contributed by atoms with Gasteiger partial charge in [0.25, 0.3) is 0 Å². The maximum Gasteiger partial charge on any atom is 0.240 e. The van der Waals surface area contributed by atoms with Crippen LogP contribution < -0.4 is 10.5 Å². The van der Waals surface area contributed by atoms with Crippen LogP contribution in [0.3, 0.4) is 0 Å². The van der Waals surface area contributed by atoms with Crippen LogP contribution in [0.4, 0.5) is 5.82 Å². The molecule has 0 aliphatic heterocycles. The van der Waals surface area contributed by atoms with Gasteiger partial charge in [0.15, 0.2) is 0 Å². The fourth-order valence-corrected chi connectivity index (χ4v) is 3.67. The predicted octanol–water partition coefficient (Wildman–Crippen LogP) is 2.20. The SMILES string of the molecule is Cc1ccc(S(=O)(=O)NCCCn2ccnc2-c2ccnc(N)c2)cc1. The summed E-state index contributed by atoms with van der Waals surface area (Å²) in [5.41, 5.74) is 7.62. The van der Waals surface area contributed by atoms with E-state index in [0.29, 0.717) is 25.3 Å². The van der Waals surface area contributed by atoms with E-state index >= 15 is 0 Å². The number of hydrogen-bond acceptors (Lipinski definition) is 5. The van der Waals surface area contributed by atoms with Gasteiger partial charge in [0, 0.05) is 37.2 Å². The number of nitrogens with two attached hydrogens (primary N) is 1. The molecule has 1 aromatic carbocycles. The third-order valence-electron chi connectivity index (χ3n) is 3.95. The zero-order valence-electron chi connectivity index (χ0n) is 14.5. The van der Waals surface area contributed by atoms with E-state index < -0.39 is 10.0 Å². The Morgan fingerprint density at radius 2 is 1.88 bits per heavy atom. The number of nitrogens with one attached hydrogen (secondary N) is 1. The standard InChI is InChI=1S/C18H21N5O2S/c1-14-3-5-16(6-4-14)26(24,25)22-8-2-11-23-12-10-21-18(23)15-7-9-20-17(19)13-15/h3-7,9-10,12-13,22H,2,8,11H2,1H3,(H2,19,20). The van der Waals surface area contributed by atoms with Crippen LogP contribution >= 0.6 is 0 Å². The molecule has 3 aromatic rings. The number of nitrogens with zero attached hydrogens (tertiary/aromatic N) is 3. The lowest BCUT2D eigenvalue weighted by molar-refractivity contribution is 0.570. The molecule has 0 atom stereocenters. The van der Waals surface area contributed by atoms with Gasteiger partial charge in [-0.15, -0.1) is 0 Å². The summed E-state index contributed by atoms with van der Waals surface area (Å²) in [6, 6.07) is 10.4. The summed E-state index contributed by atoms with van der Waals surface area (Å²) in [6.07, 6.45) is 5.84. The van der Waals surface area contributed by atoms with Crippen molar-refractivity contribution in [1.82, 2.24) is 19.3 Å². The van der Waals surface area contributed by atoms with Gasteiger partial charge in [-0.3, -0.25) is 0 Å². The molecular weight excluding hydrogens is 350 g/mol. The average molecular weight is 371 g/mol. The van der Waals surface area contributed by atoms with Crippen LogP contribution in [0.15, 0.2) is 59.9 Å². The molecule has 0 amide bonds. The van der Waals surface area contributed by atoms with Gasteiger partial charge in [-0.2, -0.15) is 0 Å². The lowest BCUT2D eigenvalue weighted by Crippen LogP contribution is -2.25. The van der Waals surface area contributed by atoms with Crippen molar-refractivity contribution in [1.29, 1.82) is 0 Å². The minimum absolute atomic E-state index is 0.277. The number of aryl methyl sites for hydroxylation is 2. The Hall–Kier alpha value is -2.71. The topological polar surface area (TPSA) is 103 Å². The van der Waals surface area contributed by atoms with Crippen molar-refractivity contribution in [2.24, 2.45) is 0 Å². The number of imidazole rings is 1. The Kier molecular flexibility index (Phi) is 5.34. The third kappa shape index (κ3) is 4.27. The highest BCUT2D eigenvalue weighted by Gasteiger charge is 2.13. The van der Waals surface area contributed by atoms with Crippen molar-refractivity contribution in [3.8, 4) is 11.4 Å². The number of nitrogen functional groups attached to an aromatic ring is 1. The molecule has 0 radical (unpaired) electrons. The first-order valence-electron chi connectivity index (χ1n) is 8.25. The van der Waals surface area contributed by atoms with Gasteiger partial charge >= 0.3 is 0 Å². The molecule has 0 saturated heterocycles. The Labute approximate surface area is 153 Å². The Morgan fingerprint density at radius 1 is 1.12 bits per heavy atom. The molecule has 136 valence electrons. The van der Waals surface area contributed by atoms with Gasteiger partial charge in [-0.1, -0.05) is 17.7 Å². The van der Waals surface area contributed by atoms with E-state index in [1.165, 1.54) is 0 Å². The lowest BCUT2D eigenvalue weighted by Gasteiger charge is -2.10. The molecule has 0 aliphatic rings. The zero-order chi connectivity index (χ0) is 18.6. The fourth-order valence-electron chi connectivity index (χ4n) is 2.59. The van der Waals surface area contributed by atoms with Crippen molar-refractivity contribution in [2.75, 3.05) is 12.3 Å². The number of pyridine rings is 1. The monoisotopic (exact) mass is 371 g/mol. The van der Waals surface area contributed by atoms with Gasteiger partial charge in [0.1, 0.15) is 11.6 Å². The fraction of sp³-hybridized carbons (Fsp3) is 0.222. The molecule has 3 rings (SSSR count). The van der Waals surface area contributed by atoms with Crippen LogP contribution in [0.1, 0.15) is 12.0 Å².